The number of rotatable bonds is 7. The molecule has 0 aromatic carbocycles. The first-order valence-corrected chi connectivity index (χ1v) is 6.68. The Balaban J connectivity index is 2.27. The van der Waals surface area contributed by atoms with E-state index in [2.05, 4.69) is 31.1 Å². The van der Waals surface area contributed by atoms with Crippen LogP contribution in [0.5, 0.6) is 0 Å². The standard InChI is InChI=1S/C13H28N2O2/c1-11(2)14-9-13(10-16-4)17-12-5-7-15(3)8-6-12/h11-14H,5-10H2,1-4H3. The lowest BCUT2D eigenvalue weighted by atomic mass is 10.1. The molecular formula is C13H28N2O2. The molecule has 1 rings (SSSR count). The summed E-state index contributed by atoms with van der Waals surface area (Å²) in [6.45, 7) is 8.13. The van der Waals surface area contributed by atoms with Gasteiger partial charge in [-0.1, -0.05) is 13.8 Å². The maximum Gasteiger partial charge on any atom is 0.0936 e. The van der Waals surface area contributed by atoms with Crippen molar-refractivity contribution in [2.45, 2.75) is 44.9 Å². The fourth-order valence-electron chi connectivity index (χ4n) is 2.09. The van der Waals surface area contributed by atoms with E-state index in [1.807, 2.05) is 0 Å². The minimum atomic E-state index is 0.177. The molecule has 0 bridgehead atoms. The molecule has 0 spiro atoms. The van der Waals surface area contributed by atoms with Crippen molar-refractivity contribution < 1.29 is 9.47 Å². The monoisotopic (exact) mass is 244 g/mol. The van der Waals surface area contributed by atoms with Gasteiger partial charge < -0.3 is 19.7 Å². The quantitative estimate of drug-likeness (QED) is 0.727. The number of methoxy groups -OCH3 is 1. The number of hydrogen-bond donors (Lipinski definition) is 1. The summed E-state index contributed by atoms with van der Waals surface area (Å²) in [6, 6.07) is 0.496. The van der Waals surface area contributed by atoms with E-state index in [0.29, 0.717) is 18.8 Å². The van der Waals surface area contributed by atoms with E-state index in [4.69, 9.17) is 9.47 Å². The molecule has 0 saturated carbocycles. The summed E-state index contributed by atoms with van der Waals surface area (Å²) in [5.74, 6) is 0. The van der Waals surface area contributed by atoms with Gasteiger partial charge in [-0.25, -0.2) is 0 Å². The molecule has 0 amide bonds. The summed E-state index contributed by atoms with van der Waals surface area (Å²) in [5, 5.41) is 3.41. The smallest absolute Gasteiger partial charge is 0.0936 e. The lowest BCUT2D eigenvalue weighted by Crippen LogP contribution is -2.41. The lowest BCUT2D eigenvalue weighted by molar-refractivity contribution is -0.0665. The van der Waals surface area contributed by atoms with Gasteiger partial charge in [-0.3, -0.25) is 0 Å². The zero-order chi connectivity index (χ0) is 12.7. The number of likely N-dealkylation sites (tertiary alicyclic amines) is 1. The van der Waals surface area contributed by atoms with Crippen LogP contribution >= 0.6 is 0 Å². The van der Waals surface area contributed by atoms with Crippen LogP contribution in [0, 0.1) is 0 Å². The number of hydrogen-bond acceptors (Lipinski definition) is 4. The SMILES string of the molecule is COCC(CNC(C)C)OC1CCN(C)CC1. The van der Waals surface area contributed by atoms with E-state index in [1.54, 1.807) is 7.11 Å². The molecule has 17 heavy (non-hydrogen) atoms. The van der Waals surface area contributed by atoms with Crippen LogP contribution in [0.4, 0.5) is 0 Å². The molecule has 0 aromatic rings. The average molecular weight is 244 g/mol. The average Bonchev–Trinajstić information content (AvgIpc) is 2.29. The van der Waals surface area contributed by atoms with Gasteiger partial charge in [0.05, 0.1) is 18.8 Å². The van der Waals surface area contributed by atoms with Crippen molar-refractivity contribution >= 4 is 0 Å². The molecule has 1 atom stereocenters. The molecule has 0 aromatic heterocycles. The van der Waals surface area contributed by atoms with Crippen LogP contribution in [0.3, 0.4) is 0 Å². The van der Waals surface area contributed by atoms with Crippen molar-refractivity contribution in [2.24, 2.45) is 0 Å². The Labute approximate surface area is 106 Å². The van der Waals surface area contributed by atoms with Gasteiger partial charge in [-0.2, -0.15) is 0 Å². The number of nitrogens with zero attached hydrogens (tertiary/aromatic N) is 1. The van der Waals surface area contributed by atoms with E-state index in [-0.39, 0.29) is 6.10 Å². The van der Waals surface area contributed by atoms with Gasteiger partial charge in [-0.15, -0.1) is 0 Å². The van der Waals surface area contributed by atoms with E-state index < -0.39 is 0 Å². The molecule has 4 heteroatoms. The van der Waals surface area contributed by atoms with Crippen molar-refractivity contribution in [1.29, 1.82) is 0 Å². The molecule has 1 N–H and O–H groups in total. The van der Waals surface area contributed by atoms with Crippen LogP contribution < -0.4 is 5.32 Å². The third-order valence-corrected chi connectivity index (χ3v) is 3.16. The predicted molar refractivity (Wildman–Crippen MR) is 70.4 cm³/mol. The molecule has 1 unspecified atom stereocenters. The summed E-state index contributed by atoms with van der Waals surface area (Å²) < 4.78 is 11.3. The molecule has 0 radical (unpaired) electrons. The van der Waals surface area contributed by atoms with E-state index in [0.717, 1.165) is 32.5 Å². The molecule has 0 aliphatic carbocycles. The zero-order valence-corrected chi connectivity index (χ0v) is 11.7. The molecule has 1 fully saturated rings. The minimum Gasteiger partial charge on any atom is -0.382 e. The van der Waals surface area contributed by atoms with Gasteiger partial charge in [0, 0.05) is 32.8 Å². The summed E-state index contributed by atoms with van der Waals surface area (Å²) in [7, 11) is 3.91. The molecule has 102 valence electrons. The van der Waals surface area contributed by atoms with Crippen LogP contribution in [0.15, 0.2) is 0 Å². The van der Waals surface area contributed by atoms with Gasteiger partial charge in [-0.05, 0) is 19.9 Å². The van der Waals surface area contributed by atoms with Crippen LogP contribution in [-0.2, 0) is 9.47 Å². The van der Waals surface area contributed by atoms with Crippen molar-refractivity contribution in [2.75, 3.05) is 40.4 Å². The first-order valence-electron chi connectivity index (χ1n) is 6.68. The van der Waals surface area contributed by atoms with Crippen LogP contribution in [0.2, 0.25) is 0 Å². The number of nitrogens with one attached hydrogen (secondary N) is 1. The highest BCUT2D eigenvalue weighted by atomic mass is 16.5. The van der Waals surface area contributed by atoms with Gasteiger partial charge >= 0.3 is 0 Å². The Bertz CT molecular complexity index is 192. The highest BCUT2D eigenvalue weighted by molar-refractivity contribution is 4.73. The van der Waals surface area contributed by atoms with Gasteiger partial charge in [0.1, 0.15) is 0 Å². The maximum absolute atomic E-state index is 6.12. The largest absolute Gasteiger partial charge is 0.382 e. The summed E-state index contributed by atoms with van der Waals surface area (Å²) in [6.07, 6.45) is 2.85. The third-order valence-electron chi connectivity index (χ3n) is 3.16. The second kappa shape index (κ2) is 8.03. The minimum absolute atomic E-state index is 0.177. The normalized spacial score (nSPS) is 21.0. The Hall–Kier alpha value is -0.160. The Morgan fingerprint density at radius 2 is 1.94 bits per heavy atom. The van der Waals surface area contributed by atoms with Crippen molar-refractivity contribution in [3.63, 3.8) is 0 Å². The van der Waals surface area contributed by atoms with E-state index >= 15 is 0 Å². The molecule has 1 aliphatic heterocycles. The van der Waals surface area contributed by atoms with Crippen LogP contribution in [-0.4, -0.2) is 63.5 Å². The Morgan fingerprint density at radius 1 is 1.29 bits per heavy atom. The predicted octanol–water partition coefficient (Wildman–Crippen LogP) is 1.11. The summed E-state index contributed by atoms with van der Waals surface area (Å²) >= 11 is 0. The molecular weight excluding hydrogens is 216 g/mol. The van der Waals surface area contributed by atoms with Gasteiger partial charge in [0.2, 0.25) is 0 Å². The van der Waals surface area contributed by atoms with Gasteiger partial charge in [0.15, 0.2) is 0 Å². The highest BCUT2D eigenvalue weighted by Crippen LogP contribution is 2.14. The summed E-state index contributed by atoms with van der Waals surface area (Å²) in [5.41, 5.74) is 0. The third kappa shape index (κ3) is 6.36. The van der Waals surface area contributed by atoms with Crippen LogP contribution in [0.25, 0.3) is 0 Å². The first-order chi connectivity index (χ1) is 8.11. The topological polar surface area (TPSA) is 33.7 Å². The zero-order valence-electron chi connectivity index (χ0n) is 11.7. The Kier molecular flexibility index (Phi) is 7.04. The molecule has 1 aliphatic rings. The second-order valence-corrected chi connectivity index (χ2v) is 5.28. The number of piperidine rings is 1. The second-order valence-electron chi connectivity index (χ2n) is 5.28. The van der Waals surface area contributed by atoms with E-state index in [9.17, 15) is 0 Å². The highest BCUT2D eigenvalue weighted by Gasteiger charge is 2.21. The fourth-order valence-corrected chi connectivity index (χ4v) is 2.09. The van der Waals surface area contributed by atoms with Crippen LogP contribution in [0.1, 0.15) is 26.7 Å². The van der Waals surface area contributed by atoms with Crippen molar-refractivity contribution in [1.82, 2.24) is 10.2 Å². The molecule has 1 heterocycles. The fraction of sp³-hybridized carbons (Fsp3) is 1.00. The number of ether oxygens (including phenoxy) is 2. The van der Waals surface area contributed by atoms with Gasteiger partial charge in [0.25, 0.3) is 0 Å². The molecule has 1 saturated heterocycles. The van der Waals surface area contributed by atoms with Crippen molar-refractivity contribution in [3.05, 3.63) is 0 Å². The lowest BCUT2D eigenvalue weighted by Gasteiger charge is -2.32. The maximum atomic E-state index is 6.12. The Morgan fingerprint density at radius 3 is 2.47 bits per heavy atom. The van der Waals surface area contributed by atoms with E-state index in [1.165, 1.54) is 0 Å². The molecule has 4 nitrogen and oxygen atoms in total. The summed E-state index contributed by atoms with van der Waals surface area (Å²) in [4.78, 5) is 2.36. The first kappa shape index (κ1) is 14.9. The van der Waals surface area contributed by atoms with Crippen molar-refractivity contribution in [3.8, 4) is 0 Å².